The second-order valence-electron chi connectivity index (χ2n) is 7.60. The molecule has 158 valence electrons. The predicted molar refractivity (Wildman–Crippen MR) is 119 cm³/mol. The van der Waals surface area contributed by atoms with E-state index in [9.17, 15) is 13.2 Å². The van der Waals surface area contributed by atoms with Gasteiger partial charge in [-0.2, -0.15) is 0 Å². The Labute approximate surface area is 180 Å². The van der Waals surface area contributed by atoms with E-state index in [4.69, 9.17) is 4.98 Å². The molecule has 1 amide bonds. The lowest BCUT2D eigenvalue weighted by atomic mass is 9.98. The van der Waals surface area contributed by atoms with E-state index in [0.29, 0.717) is 26.2 Å². The molecular weight excluding hydrogens is 428 g/mol. The van der Waals surface area contributed by atoms with Crippen LogP contribution in [0.5, 0.6) is 0 Å². The van der Waals surface area contributed by atoms with Gasteiger partial charge in [-0.1, -0.05) is 11.3 Å². The molecule has 1 aromatic carbocycles. The van der Waals surface area contributed by atoms with Crippen molar-refractivity contribution in [3.05, 3.63) is 18.2 Å². The van der Waals surface area contributed by atoms with Gasteiger partial charge in [-0.15, -0.1) is 11.8 Å². The zero-order chi connectivity index (χ0) is 20.6. The van der Waals surface area contributed by atoms with Gasteiger partial charge in [-0.3, -0.25) is 4.79 Å². The summed E-state index contributed by atoms with van der Waals surface area (Å²) in [5.74, 6) is -0.135. The van der Waals surface area contributed by atoms with Gasteiger partial charge in [0.1, 0.15) is 0 Å². The van der Waals surface area contributed by atoms with E-state index in [1.807, 2.05) is 4.90 Å². The van der Waals surface area contributed by atoms with Crippen LogP contribution in [0.4, 0.5) is 5.13 Å². The van der Waals surface area contributed by atoms with Gasteiger partial charge >= 0.3 is 0 Å². The standard InChI is InChI=1S/C19H26N4O3S3/c1-27-15-5-6-16-17(12-15)28-19(20-16)22-10-8-21(9-11-22)18(24)14-4-3-7-23(13-14)29(2,25)26/h5-6,12,14H,3-4,7-11,13H2,1-2H3. The van der Waals surface area contributed by atoms with E-state index in [1.165, 1.54) is 20.2 Å². The number of thioether (sulfide) groups is 1. The Morgan fingerprint density at radius 3 is 2.66 bits per heavy atom. The first-order valence-electron chi connectivity index (χ1n) is 9.78. The first kappa shape index (κ1) is 20.9. The third-order valence-corrected chi connectivity index (χ3v) is 8.72. The minimum Gasteiger partial charge on any atom is -0.345 e. The quantitative estimate of drug-likeness (QED) is 0.661. The fraction of sp³-hybridized carbons (Fsp3) is 0.579. The number of piperazine rings is 1. The van der Waals surface area contributed by atoms with Crippen LogP contribution in [-0.4, -0.2) is 80.3 Å². The van der Waals surface area contributed by atoms with Crippen molar-refractivity contribution < 1.29 is 13.2 Å². The van der Waals surface area contributed by atoms with Crippen LogP contribution < -0.4 is 4.90 Å². The van der Waals surface area contributed by atoms with Crippen LogP contribution in [0.2, 0.25) is 0 Å². The smallest absolute Gasteiger partial charge is 0.227 e. The number of carbonyl (C=O) groups is 1. The fourth-order valence-corrected chi connectivity index (χ4v) is 6.46. The van der Waals surface area contributed by atoms with Crippen molar-refractivity contribution in [3.63, 3.8) is 0 Å². The summed E-state index contributed by atoms with van der Waals surface area (Å²) in [6, 6.07) is 6.34. The van der Waals surface area contributed by atoms with Crippen LogP contribution in [0.1, 0.15) is 12.8 Å². The maximum atomic E-state index is 13.0. The van der Waals surface area contributed by atoms with Gasteiger partial charge in [0.15, 0.2) is 5.13 Å². The van der Waals surface area contributed by atoms with Crippen LogP contribution in [-0.2, 0) is 14.8 Å². The molecule has 0 spiro atoms. The summed E-state index contributed by atoms with van der Waals surface area (Å²) >= 11 is 3.43. The van der Waals surface area contributed by atoms with E-state index >= 15 is 0 Å². The number of benzene rings is 1. The Kier molecular flexibility index (Phi) is 6.06. The van der Waals surface area contributed by atoms with Crippen LogP contribution in [0.25, 0.3) is 10.2 Å². The Bertz CT molecular complexity index is 999. The summed E-state index contributed by atoms with van der Waals surface area (Å²) in [4.78, 5) is 23.1. The van der Waals surface area contributed by atoms with Crippen LogP contribution in [0, 0.1) is 5.92 Å². The molecule has 0 aliphatic carbocycles. The summed E-state index contributed by atoms with van der Waals surface area (Å²) < 4.78 is 26.3. The number of piperidine rings is 1. The van der Waals surface area contributed by atoms with Gasteiger partial charge < -0.3 is 9.80 Å². The summed E-state index contributed by atoms with van der Waals surface area (Å²) in [5.41, 5.74) is 1.02. The first-order chi connectivity index (χ1) is 13.8. The Balaban J connectivity index is 1.38. The molecule has 1 unspecified atom stereocenters. The predicted octanol–water partition coefficient (Wildman–Crippen LogP) is 2.34. The van der Waals surface area contributed by atoms with Crippen LogP contribution >= 0.6 is 23.1 Å². The van der Waals surface area contributed by atoms with E-state index in [1.54, 1.807) is 23.1 Å². The van der Waals surface area contributed by atoms with E-state index in [-0.39, 0.29) is 11.8 Å². The lowest BCUT2D eigenvalue weighted by Crippen LogP contribution is -2.53. The molecule has 4 rings (SSSR count). The van der Waals surface area contributed by atoms with Gasteiger partial charge in [0.2, 0.25) is 15.9 Å². The van der Waals surface area contributed by atoms with Crippen molar-refractivity contribution >= 4 is 54.4 Å². The number of amides is 1. The normalized spacial score (nSPS) is 21.7. The number of carbonyl (C=O) groups excluding carboxylic acids is 1. The molecule has 3 heterocycles. The molecule has 1 atom stereocenters. The average molecular weight is 455 g/mol. The lowest BCUT2D eigenvalue weighted by Gasteiger charge is -2.38. The number of nitrogens with zero attached hydrogens (tertiary/aromatic N) is 4. The van der Waals surface area contributed by atoms with Crippen molar-refractivity contribution in [2.24, 2.45) is 5.92 Å². The molecule has 0 bridgehead atoms. The molecule has 1 aromatic heterocycles. The Hall–Kier alpha value is -1.36. The fourth-order valence-electron chi connectivity index (χ4n) is 3.98. The minimum atomic E-state index is -3.24. The van der Waals surface area contributed by atoms with Gasteiger partial charge in [-0.25, -0.2) is 17.7 Å². The number of anilines is 1. The van der Waals surface area contributed by atoms with Gasteiger partial charge in [0.25, 0.3) is 0 Å². The topological polar surface area (TPSA) is 73.8 Å². The summed E-state index contributed by atoms with van der Waals surface area (Å²) in [6.45, 7) is 3.65. The van der Waals surface area contributed by atoms with E-state index < -0.39 is 10.0 Å². The van der Waals surface area contributed by atoms with Gasteiger partial charge in [-0.05, 0) is 37.3 Å². The molecule has 7 nitrogen and oxygen atoms in total. The van der Waals surface area contributed by atoms with Crippen molar-refractivity contribution in [1.29, 1.82) is 0 Å². The third kappa shape index (κ3) is 4.55. The number of fused-ring (bicyclic) bond motifs is 1. The number of hydrogen-bond donors (Lipinski definition) is 0. The third-order valence-electron chi connectivity index (χ3n) is 5.65. The number of sulfonamides is 1. The highest BCUT2D eigenvalue weighted by Crippen LogP contribution is 2.32. The minimum absolute atomic E-state index is 0.0897. The highest BCUT2D eigenvalue weighted by molar-refractivity contribution is 7.98. The maximum Gasteiger partial charge on any atom is 0.227 e. The summed E-state index contributed by atoms with van der Waals surface area (Å²) in [7, 11) is -3.24. The zero-order valence-corrected chi connectivity index (χ0v) is 19.2. The Morgan fingerprint density at radius 2 is 1.97 bits per heavy atom. The average Bonchev–Trinajstić information content (AvgIpc) is 3.16. The van der Waals surface area contributed by atoms with E-state index in [0.717, 1.165) is 36.6 Å². The summed E-state index contributed by atoms with van der Waals surface area (Å²) in [5, 5.41) is 1.01. The summed E-state index contributed by atoms with van der Waals surface area (Å²) in [6.07, 6.45) is 4.80. The van der Waals surface area contributed by atoms with Crippen LogP contribution in [0.15, 0.2) is 23.1 Å². The van der Waals surface area contributed by atoms with Crippen molar-refractivity contribution in [2.75, 3.05) is 56.7 Å². The first-order valence-corrected chi connectivity index (χ1v) is 13.7. The molecule has 10 heteroatoms. The second kappa shape index (κ2) is 8.41. The molecule has 2 saturated heterocycles. The van der Waals surface area contributed by atoms with Gasteiger partial charge in [0.05, 0.1) is 22.4 Å². The van der Waals surface area contributed by atoms with Crippen molar-refractivity contribution in [3.8, 4) is 0 Å². The number of aromatic nitrogens is 1. The largest absolute Gasteiger partial charge is 0.345 e. The molecule has 2 fully saturated rings. The second-order valence-corrected chi connectivity index (χ2v) is 11.5. The van der Waals surface area contributed by atoms with Gasteiger partial charge in [0, 0.05) is 44.2 Å². The lowest BCUT2D eigenvalue weighted by molar-refractivity contribution is -0.137. The molecule has 2 aromatic rings. The SMILES string of the molecule is CSc1ccc2nc(N3CCN(C(=O)C4CCCN(S(C)(=O)=O)C4)CC3)sc2c1. The molecule has 2 aliphatic heterocycles. The van der Waals surface area contributed by atoms with Crippen LogP contribution in [0.3, 0.4) is 0 Å². The molecule has 29 heavy (non-hydrogen) atoms. The number of hydrogen-bond acceptors (Lipinski definition) is 7. The monoisotopic (exact) mass is 454 g/mol. The highest BCUT2D eigenvalue weighted by atomic mass is 32.2. The Morgan fingerprint density at radius 1 is 1.21 bits per heavy atom. The highest BCUT2D eigenvalue weighted by Gasteiger charge is 2.34. The molecule has 0 N–H and O–H groups in total. The molecule has 0 radical (unpaired) electrons. The maximum absolute atomic E-state index is 13.0. The number of thiazole rings is 1. The molecule has 0 saturated carbocycles. The molecular formula is C19H26N4O3S3. The number of rotatable bonds is 4. The molecule has 2 aliphatic rings. The van der Waals surface area contributed by atoms with E-state index in [2.05, 4.69) is 29.4 Å². The van der Waals surface area contributed by atoms with Crippen molar-refractivity contribution in [1.82, 2.24) is 14.2 Å². The zero-order valence-electron chi connectivity index (χ0n) is 16.7. The van der Waals surface area contributed by atoms with Crippen molar-refractivity contribution in [2.45, 2.75) is 17.7 Å².